The van der Waals surface area contributed by atoms with Crippen molar-refractivity contribution in [3.63, 3.8) is 0 Å². The molecule has 0 aliphatic heterocycles. The smallest absolute Gasteiger partial charge is 0.331 e. The summed E-state index contributed by atoms with van der Waals surface area (Å²) in [6.45, 7) is 3.63. The first-order chi connectivity index (χ1) is 8.93. The number of aromatic nitrogens is 2. The number of benzene rings is 1. The maximum atomic E-state index is 12.6. The molecule has 0 fully saturated rings. The molecule has 0 amide bonds. The van der Waals surface area contributed by atoms with Crippen molar-refractivity contribution >= 4 is 11.0 Å². The summed E-state index contributed by atoms with van der Waals surface area (Å²) < 4.78 is 39.7. The Balaban J connectivity index is 2.34. The van der Waals surface area contributed by atoms with Crippen molar-refractivity contribution in [3.05, 3.63) is 29.6 Å². The van der Waals surface area contributed by atoms with Crippen molar-refractivity contribution in [2.24, 2.45) is 7.05 Å². The van der Waals surface area contributed by atoms with Gasteiger partial charge in [0.1, 0.15) is 5.82 Å². The van der Waals surface area contributed by atoms with Crippen LogP contribution in [0.3, 0.4) is 0 Å². The molecule has 6 heteroatoms. The van der Waals surface area contributed by atoms with E-state index in [9.17, 15) is 13.2 Å². The summed E-state index contributed by atoms with van der Waals surface area (Å²) in [5.74, 6) is 0.787. The van der Waals surface area contributed by atoms with Gasteiger partial charge < -0.3 is 9.88 Å². The van der Waals surface area contributed by atoms with Crippen molar-refractivity contribution in [2.75, 3.05) is 13.1 Å². The van der Waals surface area contributed by atoms with E-state index in [-0.39, 0.29) is 0 Å². The molecule has 0 saturated heterocycles. The summed E-state index contributed by atoms with van der Waals surface area (Å²) in [4.78, 5) is 4.28. The van der Waals surface area contributed by atoms with Gasteiger partial charge in [-0.1, -0.05) is 6.92 Å². The Morgan fingerprint density at radius 1 is 1.32 bits per heavy atom. The SMILES string of the molecule is CCNCCc1nc2cc(C(F)(F)F)ccc2n1C. The van der Waals surface area contributed by atoms with E-state index in [0.29, 0.717) is 11.9 Å². The van der Waals surface area contributed by atoms with Gasteiger partial charge in [0, 0.05) is 20.0 Å². The third-order valence-electron chi connectivity index (χ3n) is 3.08. The lowest BCUT2D eigenvalue weighted by atomic mass is 10.2. The van der Waals surface area contributed by atoms with Crippen molar-refractivity contribution in [2.45, 2.75) is 19.5 Å². The van der Waals surface area contributed by atoms with Crippen LogP contribution >= 0.6 is 0 Å². The molecule has 0 unspecified atom stereocenters. The zero-order valence-electron chi connectivity index (χ0n) is 10.9. The Labute approximate surface area is 109 Å². The maximum Gasteiger partial charge on any atom is 0.416 e. The van der Waals surface area contributed by atoms with Gasteiger partial charge >= 0.3 is 6.18 Å². The maximum absolute atomic E-state index is 12.6. The van der Waals surface area contributed by atoms with Gasteiger partial charge in [-0.05, 0) is 24.7 Å². The monoisotopic (exact) mass is 271 g/mol. The molecule has 19 heavy (non-hydrogen) atoms. The molecule has 0 atom stereocenters. The lowest BCUT2D eigenvalue weighted by molar-refractivity contribution is -0.137. The Bertz CT molecular complexity index is 572. The zero-order chi connectivity index (χ0) is 14.0. The van der Waals surface area contributed by atoms with Gasteiger partial charge in [-0.15, -0.1) is 0 Å². The van der Waals surface area contributed by atoms with Gasteiger partial charge in [0.25, 0.3) is 0 Å². The van der Waals surface area contributed by atoms with Gasteiger partial charge in [0.2, 0.25) is 0 Å². The van der Waals surface area contributed by atoms with E-state index in [0.717, 1.165) is 36.6 Å². The number of rotatable bonds is 4. The molecular formula is C13H16F3N3. The van der Waals surface area contributed by atoms with E-state index < -0.39 is 11.7 Å². The average molecular weight is 271 g/mol. The summed E-state index contributed by atoms with van der Waals surface area (Å²) in [5.41, 5.74) is 0.458. The number of hydrogen-bond acceptors (Lipinski definition) is 2. The number of hydrogen-bond donors (Lipinski definition) is 1. The summed E-state index contributed by atoms with van der Waals surface area (Å²) >= 11 is 0. The summed E-state index contributed by atoms with van der Waals surface area (Å²) in [7, 11) is 1.82. The highest BCUT2D eigenvalue weighted by atomic mass is 19.4. The number of fused-ring (bicyclic) bond motifs is 1. The molecule has 1 aromatic carbocycles. The van der Waals surface area contributed by atoms with Crippen LogP contribution in [-0.4, -0.2) is 22.6 Å². The van der Waals surface area contributed by atoms with E-state index >= 15 is 0 Å². The molecule has 1 aromatic heterocycles. The summed E-state index contributed by atoms with van der Waals surface area (Å²) in [6.07, 6.45) is -3.63. The molecule has 3 nitrogen and oxygen atoms in total. The molecule has 0 radical (unpaired) electrons. The lowest BCUT2D eigenvalue weighted by Gasteiger charge is -2.06. The molecule has 2 aromatic rings. The van der Waals surface area contributed by atoms with Gasteiger partial charge in [-0.2, -0.15) is 13.2 Å². The highest BCUT2D eigenvalue weighted by Crippen LogP contribution is 2.31. The lowest BCUT2D eigenvalue weighted by Crippen LogP contribution is -2.17. The summed E-state index contributed by atoms with van der Waals surface area (Å²) in [6, 6.07) is 3.67. The fourth-order valence-electron chi connectivity index (χ4n) is 2.03. The Kier molecular flexibility index (Phi) is 3.80. The molecule has 1 heterocycles. The van der Waals surface area contributed by atoms with E-state index in [4.69, 9.17) is 0 Å². The number of alkyl halides is 3. The van der Waals surface area contributed by atoms with E-state index in [1.165, 1.54) is 6.07 Å². The van der Waals surface area contributed by atoms with E-state index in [1.54, 1.807) is 0 Å². The van der Waals surface area contributed by atoms with Crippen molar-refractivity contribution < 1.29 is 13.2 Å². The minimum Gasteiger partial charge on any atom is -0.331 e. The van der Waals surface area contributed by atoms with Crippen LogP contribution in [0.2, 0.25) is 0 Å². The molecular weight excluding hydrogens is 255 g/mol. The Morgan fingerprint density at radius 2 is 2.05 bits per heavy atom. The van der Waals surface area contributed by atoms with Crippen LogP contribution in [0.15, 0.2) is 18.2 Å². The van der Waals surface area contributed by atoms with Crippen molar-refractivity contribution in [1.82, 2.24) is 14.9 Å². The third kappa shape index (κ3) is 2.89. The van der Waals surface area contributed by atoms with Crippen LogP contribution < -0.4 is 5.32 Å². The third-order valence-corrected chi connectivity index (χ3v) is 3.08. The fraction of sp³-hybridized carbons (Fsp3) is 0.462. The first kappa shape index (κ1) is 13.9. The Morgan fingerprint density at radius 3 is 2.68 bits per heavy atom. The van der Waals surface area contributed by atoms with Crippen LogP contribution in [0.4, 0.5) is 13.2 Å². The fourth-order valence-corrected chi connectivity index (χ4v) is 2.03. The van der Waals surface area contributed by atoms with Crippen molar-refractivity contribution in [1.29, 1.82) is 0 Å². The quantitative estimate of drug-likeness (QED) is 0.867. The highest BCUT2D eigenvalue weighted by Gasteiger charge is 2.30. The molecule has 0 aliphatic rings. The minimum absolute atomic E-state index is 0.392. The molecule has 0 bridgehead atoms. The average Bonchev–Trinajstić information content (AvgIpc) is 2.65. The van der Waals surface area contributed by atoms with Crippen molar-refractivity contribution in [3.8, 4) is 0 Å². The largest absolute Gasteiger partial charge is 0.416 e. The van der Waals surface area contributed by atoms with Crippen LogP contribution in [0.5, 0.6) is 0 Å². The predicted octanol–water partition coefficient (Wildman–Crippen LogP) is 2.74. The van der Waals surface area contributed by atoms with Crippen LogP contribution in [-0.2, 0) is 19.6 Å². The zero-order valence-corrected chi connectivity index (χ0v) is 10.9. The molecule has 104 valence electrons. The van der Waals surface area contributed by atoms with Gasteiger partial charge in [0.05, 0.1) is 16.6 Å². The van der Waals surface area contributed by atoms with Crippen LogP contribution in [0.1, 0.15) is 18.3 Å². The second-order valence-corrected chi connectivity index (χ2v) is 4.39. The topological polar surface area (TPSA) is 29.9 Å². The number of nitrogens with zero attached hydrogens (tertiary/aromatic N) is 2. The molecule has 0 saturated carbocycles. The minimum atomic E-state index is -4.32. The second kappa shape index (κ2) is 5.21. The number of nitrogens with one attached hydrogen (secondary N) is 1. The van der Waals surface area contributed by atoms with E-state index in [1.807, 2.05) is 18.5 Å². The standard InChI is InChI=1S/C13H16F3N3/c1-3-17-7-6-12-18-10-8-9(13(14,15)16)4-5-11(10)19(12)2/h4-5,8,17H,3,6-7H2,1-2H3. The Hall–Kier alpha value is -1.56. The van der Waals surface area contributed by atoms with Crippen LogP contribution in [0.25, 0.3) is 11.0 Å². The number of imidazole rings is 1. The molecule has 1 N–H and O–H groups in total. The van der Waals surface area contributed by atoms with E-state index in [2.05, 4.69) is 10.3 Å². The number of aryl methyl sites for hydroxylation is 1. The predicted molar refractivity (Wildman–Crippen MR) is 68.0 cm³/mol. The normalized spacial score (nSPS) is 12.3. The second-order valence-electron chi connectivity index (χ2n) is 4.39. The molecule has 2 rings (SSSR count). The number of halogens is 3. The van der Waals surface area contributed by atoms with Gasteiger partial charge in [0.15, 0.2) is 0 Å². The summed E-state index contributed by atoms with van der Waals surface area (Å²) in [5, 5.41) is 3.17. The number of likely N-dealkylation sites (N-methyl/N-ethyl adjacent to an activating group) is 1. The molecule has 0 spiro atoms. The highest BCUT2D eigenvalue weighted by molar-refractivity contribution is 5.77. The first-order valence-corrected chi connectivity index (χ1v) is 6.16. The van der Waals surface area contributed by atoms with Crippen LogP contribution in [0, 0.1) is 0 Å². The van der Waals surface area contributed by atoms with Gasteiger partial charge in [-0.25, -0.2) is 4.98 Å². The van der Waals surface area contributed by atoms with Gasteiger partial charge in [-0.3, -0.25) is 0 Å². The first-order valence-electron chi connectivity index (χ1n) is 6.16. The molecule has 0 aliphatic carbocycles.